The number of carbonyl (C=O) groups excluding carboxylic acids is 2. The van der Waals surface area contributed by atoms with Gasteiger partial charge in [0.15, 0.2) is 10.8 Å². The average Bonchev–Trinajstić information content (AvgIpc) is 3.61. The van der Waals surface area contributed by atoms with Gasteiger partial charge >= 0.3 is 5.97 Å². The fourth-order valence-corrected chi connectivity index (χ4v) is 7.50. The molecule has 2 unspecified atom stereocenters. The van der Waals surface area contributed by atoms with E-state index in [0.717, 1.165) is 16.9 Å². The summed E-state index contributed by atoms with van der Waals surface area (Å²) in [6, 6.07) is 8.45. The van der Waals surface area contributed by atoms with Crippen LogP contribution in [0.4, 0.5) is 5.13 Å². The molecule has 214 valence electrons. The number of thiazole rings is 1. The average molecular weight is 616 g/mol. The lowest BCUT2D eigenvalue weighted by Crippen LogP contribution is -2.74. The van der Waals surface area contributed by atoms with Crippen molar-refractivity contribution in [1.82, 2.24) is 35.4 Å². The summed E-state index contributed by atoms with van der Waals surface area (Å²) in [6.07, 6.45) is 1.64. The number of carboxylic acids is 1. The Morgan fingerprint density at radius 3 is 2.88 bits per heavy atom. The highest BCUT2D eigenvalue weighted by Gasteiger charge is 2.57. The summed E-state index contributed by atoms with van der Waals surface area (Å²) in [6.45, 7) is 4.17. The monoisotopic (exact) mass is 615 g/mol. The number of tetrazole rings is 1. The zero-order chi connectivity index (χ0) is 29.0. The molecule has 1 aromatic carbocycles. The SMILES string of the molecule is C=CCn1nnnc1SCC1(C(=O)O)CS[C@@H]2C(NC(=O)C(=NOCc3ccccc3)c3csc(N)n3)C(=O)N2C1. The number of hydrogen-bond acceptors (Lipinski definition) is 13. The smallest absolute Gasteiger partial charge is 0.313 e. The number of nitrogens with zero attached hydrogens (tertiary/aromatic N) is 7. The van der Waals surface area contributed by atoms with Gasteiger partial charge in [-0.25, -0.2) is 9.67 Å². The maximum Gasteiger partial charge on any atom is 0.313 e. The Kier molecular flexibility index (Phi) is 8.55. The third kappa shape index (κ3) is 6.06. The summed E-state index contributed by atoms with van der Waals surface area (Å²) in [7, 11) is 0. The van der Waals surface area contributed by atoms with E-state index in [1.807, 2.05) is 30.3 Å². The number of hydrogen-bond donors (Lipinski definition) is 3. The molecule has 5 rings (SSSR count). The largest absolute Gasteiger partial charge is 0.481 e. The van der Waals surface area contributed by atoms with E-state index < -0.39 is 28.7 Å². The van der Waals surface area contributed by atoms with Gasteiger partial charge in [0.25, 0.3) is 5.91 Å². The van der Waals surface area contributed by atoms with Crippen molar-refractivity contribution in [1.29, 1.82) is 0 Å². The highest BCUT2D eigenvalue weighted by Crippen LogP contribution is 2.44. The molecule has 3 aromatic rings. The number of carbonyl (C=O) groups is 3. The molecule has 2 fully saturated rings. The number of nitrogen functional groups attached to an aromatic ring is 1. The van der Waals surface area contributed by atoms with E-state index in [9.17, 15) is 19.5 Å². The summed E-state index contributed by atoms with van der Waals surface area (Å²) in [5.74, 6) is -1.68. The maximum atomic E-state index is 13.3. The predicted molar refractivity (Wildman–Crippen MR) is 153 cm³/mol. The zero-order valence-corrected chi connectivity index (χ0v) is 23.9. The number of rotatable bonds is 12. The number of thioether (sulfide) groups is 2. The number of amides is 2. The lowest BCUT2D eigenvalue weighted by atomic mass is 9.89. The van der Waals surface area contributed by atoms with Gasteiger partial charge in [0.2, 0.25) is 11.1 Å². The Morgan fingerprint density at radius 1 is 1.37 bits per heavy atom. The van der Waals surface area contributed by atoms with Crippen molar-refractivity contribution in [3.05, 3.63) is 59.6 Å². The number of aliphatic carboxylic acids is 1. The van der Waals surface area contributed by atoms with Crippen molar-refractivity contribution in [3.63, 3.8) is 0 Å². The van der Waals surface area contributed by atoms with Gasteiger partial charge in [-0.3, -0.25) is 14.4 Å². The van der Waals surface area contributed by atoms with E-state index in [0.29, 0.717) is 11.7 Å². The van der Waals surface area contributed by atoms with Crippen LogP contribution in [0.5, 0.6) is 0 Å². The maximum absolute atomic E-state index is 13.3. The molecule has 14 nitrogen and oxygen atoms in total. The molecular formula is C24H25N9O5S3. The number of oxime groups is 1. The molecule has 0 saturated carbocycles. The summed E-state index contributed by atoms with van der Waals surface area (Å²) < 4.78 is 1.52. The first-order valence-electron chi connectivity index (χ1n) is 12.2. The molecular weight excluding hydrogens is 591 g/mol. The van der Waals surface area contributed by atoms with Crippen LogP contribution < -0.4 is 11.1 Å². The topological polar surface area (TPSA) is 191 Å². The van der Waals surface area contributed by atoms with E-state index in [-0.39, 0.29) is 47.1 Å². The molecule has 2 aliphatic heterocycles. The van der Waals surface area contributed by atoms with Gasteiger partial charge in [0.05, 0.1) is 6.54 Å². The molecule has 0 spiro atoms. The first-order chi connectivity index (χ1) is 19.8. The highest BCUT2D eigenvalue weighted by molar-refractivity contribution is 8.00. The Hall–Kier alpha value is -3.96. The minimum atomic E-state index is -1.22. The van der Waals surface area contributed by atoms with Crippen molar-refractivity contribution in [2.45, 2.75) is 29.7 Å². The van der Waals surface area contributed by atoms with Crippen molar-refractivity contribution < 1.29 is 24.3 Å². The number of allylic oxidation sites excluding steroid dienone is 1. The van der Waals surface area contributed by atoms with E-state index in [1.54, 1.807) is 11.5 Å². The zero-order valence-electron chi connectivity index (χ0n) is 21.5. The number of benzene rings is 1. The predicted octanol–water partition coefficient (Wildman–Crippen LogP) is 1.08. The number of carboxylic acid groups (broad SMARTS) is 1. The first kappa shape index (κ1) is 28.6. The number of β-lactam (4-membered cyclic amide) rings is 1. The highest BCUT2D eigenvalue weighted by atomic mass is 32.2. The molecule has 4 N–H and O–H groups in total. The minimum Gasteiger partial charge on any atom is -0.481 e. The van der Waals surface area contributed by atoms with Gasteiger partial charge in [0, 0.05) is 23.4 Å². The normalized spacial score (nSPS) is 22.0. The molecule has 2 aromatic heterocycles. The quantitative estimate of drug-likeness (QED) is 0.0865. The molecule has 0 aliphatic carbocycles. The van der Waals surface area contributed by atoms with Crippen molar-refractivity contribution in [2.75, 3.05) is 23.8 Å². The van der Waals surface area contributed by atoms with E-state index in [1.165, 1.54) is 33.1 Å². The number of fused-ring (bicyclic) bond motifs is 1. The van der Waals surface area contributed by atoms with Crippen LogP contribution in [0.15, 0.2) is 58.7 Å². The Morgan fingerprint density at radius 2 is 2.17 bits per heavy atom. The number of nitrogens with one attached hydrogen (secondary N) is 1. The molecule has 2 aliphatic rings. The van der Waals surface area contributed by atoms with Gasteiger partial charge < -0.3 is 25.9 Å². The van der Waals surface area contributed by atoms with E-state index >= 15 is 0 Å². The lowest BCUT2D eigenvalue weighted by Gasteiger charge is -2.53. The molecule has 4 heterocycles. The van der Waals surface area contributed by atoms with Gasteiger partial charge in [-0.15, -0.1) is 34.8 Å². The lowest BCUT2D eigenvalue weighted by molar-refractivity contribution is -0.157. The molecule has 41 heavy (non-hydrogen) atoms. The fraction of sp³-hybridized carbons (Fsp3) is 0.333. The van der Waals surface area contributed by atoms with E-state index in [2.05, 4.69) is 37.6 Å². The van der Waals surface area contributed by atoms with Crippen LogP contribution in [0.25, 0.3) is 0 Å². The molecule has 3 atom stereocenters. The van der Waals surface area contributed by atoms with Crippen molar-refractivity contribution in [3.8, 4) is 0 Å². The summed E-state index contributed by atoms with van der Waals surface area (Å²) in [4.78, 5) is 49.8. The second-order valence-corrected chi connectivity index (χ2v) is 12.1. The Labute approximate surface area is 246 Å². The van der Waals surface area contributed by atoms with Crippen LogP contribution in [0, 0.1) is 5.41 Å². The van der Waals surface area contributed by atoms with E-state index in [4.69, 9.17) is 10.6 Å². The summed E-state index contributed by atoms with van der Waals surface area (Å²) in [5.41, 5.74) is 5.50. The molecule has 0 bridgehead atoms. The van der Waals surface area contributed by atoms with Crippen LogP contribution in [0.1, 0.15) is 11.3 Å². The number of nitrogens with two attached hydrogens (primary N) is 1. The van der Waals surface area contributed by atoms with Gasteiger partial charge in [-0.05, 0) is 16.0 Å². The van der Waals surface area contributed by atoms with Crippen LogP contribution in [0.2, 0.25) is 0 Å². The molecule has 2 amide bonds. The third-order valence-corrected chi connectivity index (χ3v) is 9.88. The van der Waals surface area contributed by atoms with Gasteiger partial charge in [-0.2, -0.15) is 0 Å². The fourth-order valence-electron chi connectivity index (χ4n) is 4.20. The number of aromatic nitrogens is 5. The van der Waals surface area contributed by atoms with Crippen molar-refractivity contribution in [2.24, 2.45) is 10.6 Å². The van der Waals surface area contributed by atoms with Gasteiger partial charge in [0.1, 0.15) is 29.1 Å². The molecule has 2 saturated heterocycles. The third-order valence-electron chi connectivity index (χ3n) is 6.37. The van der Waals surface area contributed by atoms with Crippen molar-refractivity contribution >= 4 is 63.5 Å². The standard InChI is InChI=1S/C24H25N9O5S3/c1-2-8-33-23(28-30-31-33)41-13-24(21(36)37)11-32-19(35)17(20(32)40-12-24)27-18(34)16(15-10-39-22(25)26-15)29-38-9-14-6-4-3-5-7-14/h2-7,10,17,20H,1,8-9,11-13H2,(H2,25,26)(H,27,34)(H,36,37)/t17?,20-,24?/m1/s1. The van der Waals surface area contributed by atoms with Crippen LogP contribution in [-0.2, 0) is 32.4 Å². The van der Waals surface area contributed by atoms with Crippen LogP contribution in [0.3, 0.4) is 0 Å². The molecule has 17 heteroatoms. The second kappa shape index (κ2) is 12.3. The summed E-state index contributed by atoms with van der Waals surface area (Å²) in [5, 5.41) is 30.2. The minimum absolute atomic E-state index is 0.00895. The second-order valence-electron chi connectivity index (χ2n) is 9.20. The van der Waals surface area contributed by atoms with Crippen LogP contribution >= 0.6 is 34.9 Å². The summed E-state index contributed by atoms with van der Waals surface area (Å²) >= 11 is 3.65. The Bertz CT molecular complexity index is 1480. The Balaban J connectivity index is 1.25. The first-order valence-corrected chi connectivity index (χ1v) is 15.1. The molecule has 0 radical (unpaired) electrons. The van der Waals surface area contributed by atoms with Crippen LogP contribution in [-0.4, -0.2) is 88.2 Å². The number of anilines is 1. The van der Waals surface area contributed by atoms with Gasteiger partial charge in [-0.1, -0.05) is 53.3 Å².